The lowest BCUT2D eigenvalue weighted by Crippen LogP contribution is -2.37. The van der Waals surface area contributed by atoms with E-state index in [2.05, 4.69) is 43.9 Å². The largest absolute Gasteiger partial charge is 0.394 e. The summed E-state index contributed by atoms with van der Waals surface area (Å²) in [6, 6.07) is 4.59. The molecule has 104 valence electrons. The van der Waals surface area contributed by atoms with Gasteiger partial charge in [-0.05, 0) is 48.1 Å². The lowest BCUT2D eigenvalue weighted by molar-refractivity contribution is 0.0989. The summed E-state index contributed by atoms with van der Waals surface area (Å²) in [5.41, 5.74) is 0. The van der Waals surface area contributed by atoms with Crippen LogP contribution in [0, 0.1) is 3.57 Å². The zero-order valence-corrected chi connectivity index (χ0v) is 13.0. The third-order valence-electron chi connectivity index (χ3n) is 3.64. The average Bonchev–Trinajstić information content (AvgIpc) is 3.00. The van der Waals surface area contributed by atoms with E-state index in [1.165, 1.54) is 0 Å². The van der Waals surface area contributed by atoms with E-state index in [0.717, 1.165) is 34.8 Å². The number of ether oxygens (including phenoxy) is 1. The molecule has 0 saturated carbocycles. The van der Waals surface area contributed by atoms with E-state index in [1.807, 2.05) is 13.0 Å². The van der Waals surface area contributed by atoms with Crippen molar-refractivity contribution in [3.63, 3.8) is 0 Å². The highest BCUT2D eigenvalue weighted by molar-refractivity contribution is 14.1. The van der Waals surface area contributed by atoms with Crippen LogP contribution in [0.25, 0.3) is 0 Å². The van der Waals surface area contributed by atoms with Gasteiger partial charge in [-0.2, -0.15) is 0 Å². The number of anilines is 2. The fourth-order valence-corrected chi connectivity index (χ4v) is 3.26. The number of aliphatic hydroxyl groups is 1. The molecule has 2 bridgehead atoms. The number of nitrogens with one attached hydrogen (secondary N) is 1. The first-order chi connectivity index (χ1) is 9.15. The van der Waals surface area contributed by atoms with E-state index >= 15 is 0 Å². The maximum Gasteiger partial charge on any atom is 0.132 e. The molecule has 0 unspecified atom stereocenters. The Labute approximate surface area is 126 Å². The van der Waals surface area contributed by atoms with Crippen molar-refractivity contribution in [3.05, 3.63) is 15.7 Å². The highest BCUT2D eigenvalue weighted by atomic mass is 127. The molecule has 2 aliphatic heterocycles. The van der Waals surface area contributed by atoms with Gasteiger partial charge in [0.05, 0.1) is 25.4 Å². The number of halogens is 1. The van der Waals surface area contributed by atoms with Crippen molar-refractivity contribution in [3.8, 4) is 0 Å². The third kappa shape index (κ3) is 2.80. The summed E-state index contributed by atoms with van der Waals surface area (Å²) < 4.78 is 6.78. The summed E-state index contributed by atoms with van der Waals surface area (Å²) in [4.78, 5) is 7.00. The molecule has 3 atom stereocenters. The molecule has 2 saturated heterocycles. The van der Waals surface area contributed by atoms with Gasteiger partial charge in [-0.15, -0.1) is 0 Å². The van der Waals surface area contributed by atoms with Gasteiger partial charge in [0.2, 0.25) is 0 Å². The van der Waals surface area contributed by atoms with Crippen LogP contribution in [0.2, 0.25) is 0 Å². The Balaban J connectivity index is 1.81. The molecule has 5 nitrogen and oxygen atoms in total. The van der Waals surface area contributed by atoms with Crippen molar-refractivity contribution >= 4 is 34.2 Å². The molecule has 2 N–H and O–H groups in total. The molecule has 1 aromatic heterocycles. The molecular weight excluding hydrogens is 357 g/mol. The first-order valence-corrected chi connectivity index (χ1v) is 7.67. The molecule has 2 aliphatic rings. The summed E-state index contributed by atoms with van der Waals surface area (Å²) in [6.45, 7) is 3.79. The molecule has 19 heavy (non-hydrogen) atoms. The van der Waals surface area contributed by atoms with Gasteiger partial charge in [0, 0.05) is 16.2 Å². The van der Waals surface area contributed by atoms with E-state index in [0.29, 0.717) is 12.1 Å². The zero-order valence-electron chi connectivity index (χ0n) is 10.8. The Morgan fingerprint density at radius 1 is 1.63 bits per heavy atom. The molecule has 0 spiro atoms. The first-order valence-electron chi connectivity index (χ1n) is 6.59. The summed E-state index contributed by atoms with van der Waals surface area (Å²) in [7, 11) is 0. The Morgan fingerprint density at radius 3 is 3.11 bits per heavy atom. The number of rotatable bonds is 4. The highest BCUT2D eigenvalue weighted by Gasteiger charge is 2.39. The molecule has 2 fully saturated rings. The van der Waals surface area contributed by atoms with Crippen molar-refractivity contribution < 1.29 is 9.84 Å². The van der Waals surface area contributed by atoms with Crippen LogP contribution >= 0.6 is 22.6 Å². The number of hydrogen-bond donors (Lipinski definition) is 2. The summed E-state index contributed by atoms with van der Waals surface area (Å²) in [6.07, 6.45) is 1.49. The fourth-order valence-electron chi connectivity index (χ4n) is 2.68. The molecular formula is C13H18IN3O2. The molecule has 0 amide bonds. The van der Waals surface area contributed by atoms with Crippen LogP contribution in [-0.2, 0) is 4.74 Å². The van der Waals surface area contributed by atoms with Gasteiger partial charge in [0.1, 0.15) is 11.6 Å². The topological polar surface area (TPSA) is 57.6 Å². The van der Waals surface area contributed by atoms with Crippen molar-refractivity contribution in [1.82, 2.24) is 4.98 Å². The molecule has 0 aliphatic carbocycles. The molecule has 0 aromatic carbocycles. The number of pyridine rings is 1. The predicted molar refractivity (Wildman–Crippen MR) is 82.6 cm³/mol. The maximum atomic E-state index is 9.11. The second kappa shape index (κ2) is 5.41. The predicted octanol–water partition coefficient (Wildman–Crippen LogP) is 1.46. The van der Waals surface area contributed by atoms with Gasteiger partial charge in [-0.3, -0.25) is 0 Å². The van der Waals surface area contributed by atoms with Crippen LogP contribution < -0.4 is 10.2 Å². The Bertz CT molecular complexity index is 471. The lowest BCUT2D eigenvalue weighted by Gasteiger charge is -2.28. The molecule has 0 radical (unpaired) electrons. The van der Waals surface area contributed by atoms with Crippen LogP contribution in [0.5, 0.6) is 0 Å². The van der Waals surface area contributed by atoms with Crippen LogP contribution in [0.1, 0.15) is 13.3 Å². The Hall–Kier alpha value is -0.600. The summed E-state index contributed by atoms with van der Waals surface area (Å²) >= 11 is 2.31. The number of fused-ring (bicyclic) bond motifs is 2. The first kappa shape index (κ1) is 13.4. The van der Waals surface area contributed by atoms with Gasteiger partial charge < -0.3 is 20.1 Å². The monoisotopic (exact) mass is 375 g/mol. The zero-order chi connectivity index (χ0) is 13.4. The quantitative estimate of drug-likeness (QED) is 0.781. The van der Waals surface area contributed by atoms with Crippen molar-refractivity contribution in [2.75, 3.05) is 30.0 Å². The summed E-state index contributed by atoms with van der Waals surface area (Å²) in [5, 5.41) is 12.3. The van der Waals surface area contributed by atoms with Gasteiger partial charge >= 0.3 is 0 Å². The Morgan fingerprint density at radius 2 is 2.47 bits per heavy atom. The minimum absolute atomic E-state index is 0.0110. The van der Waals surface area contributed by atoms with E-state index in [1.54, 1.807) is 0 Å². The Kier molecular flexibility index (Phi) is 3.81. The standard InChI is InChI=1S/C13H18IN3O2/c1-8(6-18)15-12-2-9(14)3-13(16-12)17-5-11-4-10(17)7-19-11/h2-3,8,10-11,18H,4-7H2,1H3,(H,15,16)/t8-,10-,11-/m1/s1. The number of aliphatic hydroxyl groups excluding tert-OH is 1. The molecule has 6 heteroatoms. The van der Waals surface area contributed by atoms with E-state index < -0.39 is 0 Å². The van der Waals surface area contributed by atoms with Gasteiger partial charge in [0.25, 0.3) is 0 Å². The van der Waals surface area contributed by atoms with Crippen LogP contribution in [0.3, 0.4) is 0 Å². The van der Waals surface area contributed by atoms with Gasteiger partial charge in [-0.25, -0.2) is 4.98 Å². The van der Waals surface area contributed by atoms with Crippen LogP contribution in [0.4, 0.5) is 11.6 Å². The summed E-state index contributed by atoms with van der Waals surface area (Å²) in [5.74, 6) is 1.84. The number of nitrogens with zero attached hydrogens (tertiary/aromatic N) is 2. The smallest absolute Gasteiger partial charge is 0.132 e. The number of aromatic nitrogens is 1. The molecule has 3 rings (SSSR count). The molecule has 3 heterocycles. The SMILES string of the molecule is C[C@H](CO)Nc1cc(I)cc(N2C[C@H]3C[C@@H]2CO3)n1. The van der Waals surface area contributed by atoms with E-state index in [4.69, 9.17) is 9.84 Å². The third-order valence-corrected chi connectivity index (χ3v) is 4.26. The second-order valence-corrected chi connectivity index (χ2v) is 6.50. The lowest BCUT2D eigenvalue weighted by atomic mass is 10.2. The minimum Gasteiger partial charge on any atom is -0.394 e. The number of morpholine rings is 1. The van der Waals surface area contributed by atoms with E-state index in [-0.39, 0.29) is 12.6 Å². The average molecular weight is 375 g/mol. The van der Waals surface area contributed by atoms with Gasteiger partial charge in [0.15, 0.2) is 0 Å². The minimum atomic E-state index is 0.0110. The van der Waals surface area contributed by atoms with Crippen LogP contribution in [-0.4, -0.2) is 48.0 Å². The van der Waals surface area contributed by atoms with Crippen molar-refractivity contribution in [2.24, 2.45) is 0 Å². The maximum absolute atomic E-state index is 9.11. The van der Waals surface area contributed by atoms with E-state index in [9.17, 15) is 0 Å². The van der Waals surface area contributed by atoms with Crippen molar-refractivity contribution in [1.29, 1.82) is 0 Å². The highest BCUT2D eigenvalue weighted by Crippen LogP contribution is 2.32. The van der Waals surface area contributed by atoms with Gasteiger partial charge in [-0.1, -0.05) is 0 Å². The second-order valence-electron chi connectivity index (χ2n) is 5.25. The van der Waals surface area contributed by atoms with Crippen LogP contribution in [0.15, 0.2) is 12.1 Å². The van der Waals surface area contributed by atoms with Crippen molar-refractivity contribution in [2.45, 2.75) is 31.5 Å². The fraction of sp³-hybridized carbons (Fsp3) is 0.615. The molecule has 1 aromatic rings. The normalized spacial score (nSPS) is 26.8. The number of hydrogen-bond acceptors (Lipinski definition) is 5.